The lowest BCUT2D eigenvalue weighted by Gasteiger charge is -2.07. The van der Waals surface area contributed by atoms with Crippen LogP contribution < -0.4 is 0 Å². The lowest BCUT2D eigenvalue weighted by Crippen LogP contribution is -1.93. The summed E-state index contributed by atoms with van der Waals surface area (Å²) in [4.78, 5) is 3.61. The molecule has 3 heteroatoms. The number of benzene rings is 5. The van der Waals surface area contributed by atoms with Crippen LogP contribution in [0.4, 0.5) is 0 Å². The molecule has 0 saturated carbocycles. The van der Waals surface area contributed by atoms with Gasteiger partial charge in [-0.15, -0.1) is 0 Å². The molecule has 3 nitrogen and oxygen atoms in total. The molecule has 0 saturated heterocycles. The Hall–Kier alpha value is -4.50. The van der Waals surface area contributed by atoms with Gasteiger partial charge in [0, 0.05) is 55.1 Å². The predicted molar refractivity (Wildman–Crippen MR) is 137 cm³/mol. The average molecular weight is 422 g/mol. The fourth-order valence-corrected chi connectivity index (χ4v) is 5.43. The first-order valence-electron chi connectivity index (χ1n) is 11.2. The molecular weight excluding hydrogens is 404 g/mol. The molecule has 0 unspecified atom stereocenters. The standard InChI is InChI=1S/C30H18N2O/c1-2-8-18(9-3-1)32-27-16-26-21(19-10-4-6-12-25(19)31-26)14-22(27)23-15-24-20-11-5-7-13-29(20)33-30(24)17-28(23)32/h1-17,31H. The Morgan fingerprint density at radius 1 is 0.485 bits per heavy atom. The van der Waals surface area contributed by atoms with Crippen LogP contribution >= 0.6 is 0 Å². The van der Waals surface area contributed by atoms with E-state index in [4.69, 9.17) is 4.42 Å². The van der Waals surface area contributed by atoms with Gasteiger partial charge in [0.05, 0.1) is 11.0 Å². The number of rotatable bonds is 1. The van der Waals surface area contributed by atoms with Crippen LogP contribution in [0.1, 0.15) is 0 Å². The van der Waals surface area contributed by atoms with Crippen molar-refractivity contribution in [3.8, 4) is 5.69 Å². The van der Waals surface area contributed by atoms with Gasteiger partial charge in [-0.1, -0.05) is 54.6 Å². The van der Waals surface area contributed by atoms with Gasteiger partial charge in [-0.25, -0.2) is 0 Å². The van der Waals surface area contributed by atoms with E-state index in [2.05, 4.69) is 101 Å². The topological polar surface area (TPSA) is 33.9 Å². The number of nitrogens with one attached hydrogen (secondary N) is 1. The fourth-order valence-electron chi connectivity index (χ4n) is 5.43. The molecule has 0 amide bonds. The van der Waals surface area contributed by atoms with Crippen molar-refractivity contribution in [3.05, 3.63) is 103 Å². The largest absolute Gasteiger partial charge is 0.456 e. The third kappa shape index (κ3) is 2.23. The van der Waals surface area contributed by atoms with Crippen molar-refractivity contribution in [3.63, 3.8) is 0 Å². The van der Waals surface area contributed by atoms with Crippen molar-refractivity contribution in [1.82, 2.24) is 9.55 Å². The molecular formula is C30H18N2O. The number of hydrogen-bond acceptors (Lipinski definition) is 1. The van der Waals surface area contributed by atoms with E-state index >= 15 is 0 Å². The highest BCUT2D eigenvalue weighted by molar-refractivity contribution is 6.21. The highest BCUT2D eigenvalue weighted by atomic mass is 16.3. The summed E-state index contributed by atoms with van der Waals surface area (Å²) < 4.78 is 8.60. The first kappa shape index (κ1) is 17.1. The van der Waals surface area contributed by atoms with Gasteiger partial charge in [0.15, 0.2) is 0 Å². The normalized spacial score (nSPS) is 12.2. The zero-order valence-corrected chi connectivity index (χ0v) is 17.7. The number of furan rings is 1. The van der Waals surface area contributed by atoms with Gasteiger partial charge in [-0.3, -0.25) is 0 Å². The van der Waals surface area contributed by atoms with Crippen LogP contribution in [0.3, 0.4) is 0 Å². The molecule has 154 valence electrons. The van der Waals surface area contributed by atoms with E-state index in [-0.39, 0.29) is 0 Å². The Morgan fingerprint density at radius 3 is 2.06 bits per heavy atom. The molecule has 33 heavy (non-hydrogen) atoms. The monoisotopic (exact) mass is 422 g/mol. The maximum atomic E-state index is 6.25. The molecule has 0 aliphatic carbocycles. The number of fused-ring (bicyclic) bond motifs is 9. The predicted octanol–water partition coefficient (Wildman–Crippen LogP) is 8.32. The lowest BCUT2D eigenvalue weighted by atomic mass is 10.1. The van der Waals surface area contributed by atoms with E-state index in [1.807, 2.05) is 12.1 Å². The molecule has 3 aromatic heterocycles. The van der Waals surface area contributed by atoms with Crippen LogP contribution in [0.25, 0.3) is 71.2 Å². The number of H-pyrrole nitrogens is 1. The summed E-state index contributed by atoms with van der Waals surface area (Å²) in [5, 5.41) is 7.30. The van der Waals surface area contributed by atoms with Crippen LogP contribution in [0.15, 0.2) is 108 Å². The zero-order chi connectivity index (χ0) is 21.5. The molecule has 0 bridgehead atoms. The summed E-state index contributed by atoms with van der Waals surface area (Å²) in [6, 6.07) is 36.5. The SMILES string of the molecule is c1ccc(-n2c3cc4[nH]c5ccccc5c4cc3c3cc4c(cc32)oc2ccccc24)cc1. The third-order valence-corrected chi connectivity index (χ3v) is 6.90. The van der Waals surface area contributed by atoms with Crippen molar-refractivity contribution < 1.29 is 4.42 Å². The molecule has 0 aliphatic rings. The molecule has 8 aromatic rings. The van der Waals surface area contributed by atoms with Crippen LogP contribution in [0, 0.1) is 0 Å². The molecule has 5 aromatic carbocycles. The van der Waals surface area contributed by atoms with Crippen LogP contribution in [-0.2, 0) is 0 Å². The van der Waals surface area contributed by atoms with Crippen LogP contribution in [-0.4, -0.2) is 9.55 Å². The first-order valence-corrected chi connectivity index (χ1v) is 11.2. The minimum absolute atomic E-state index is 0.916. The molecule has 8 rings (SSSR count). The number of para-hydroxylation sites is 3. The molecule has 0 radical (unpaired) electrons. The first-order chi connectivity index (χ1) is 16.3. The van der Waals surface area contributed by atoms with Gasteiger partial charge in [0.1, 0.15) is 11.2 Å². The Kier molecular flexibility index (Phi) is 3.14. The maximum Gasteiger partial charge on any atom is 0.137 e. The highest BCUT2D eigenvalue weighted by Crippen LogP contribution is 2.40. The van der Waals surface area contributed by atoms with E-state index in [1.54, 1.807) is 0 Å². The summed E-state index contributed by atoms with van der Waals surface area (Å²) in [5.74, 6) is 0. The van der Waals surface area contributed by atoms with Crippen LogP contribution in [0.2, 0.25) is 0 Å². The molecule has 0 spiro atoms. The van der Waals surface area contributed by atoms with Gasteiger partial charge in [-0.05, 0) is 42.5 Å². The second kappa shape index (κ2) is 6.05. The van der Waals surface area contributed by atoms with Crippen molar-refractivity contribution in [1.29, 1.82) is 0 Å². The van der Waals surface area contributed by atoms with E-state index in [1.165, 1.54) is 32.6 Å². The molecule has 0 fully saturated rings. The summed E-state index contributed by atoms with van der Waals surface area (Å²) in [6.07, 6.45) is 0. The quantitative estimate of drug-likeness (QED) is 0.283. The minimum atomic E-state index is 0.916. The van der Waals surface area contributed by atoms with Crippen LogP contribution in [0.5, 0.6) is 0 Å². The van der Waals surface area contributed by atoms with Gasteiger partial charge in [-0.2, -0.15) is 0 Å². The number of aromatic nitrogens is 2. The van der Waals surface area contributed by atoms with Crippen molar-refractivity contribution in [2.75, 3.05) is 0 Å². The third-order valence-electron chi connectivity index (χ3n) is 6.90. The molecule has 0 aliphatic heterocycles. The summed E-state index contributed by atoms with van der Waals surface area (Å²) in [7, 11) is 0. The smallest absolute Gasteiger partial charge is 0.137 e. The molecule has 3 heterocycles. The van der Waals surface area contributed by atoms with E-state index < -0.39 is 0 Å². The Morgan fingerprint density at radius 2 is 1.18 bits per heavy atom. The van der Waals surface area contributed by atoms with E-state index in [0.717, 1.165) is 38.7 Å². The minimum Gasteiger partial charge on any atom is -0.456 e. The molecule has 0 atom stereocenters. The lowest BCUT2D eigenvalue weighted by molar-refractivity contribution is 0.669. The second-order valence-electron chi connectivity index (χ2n) is 8.72. The summed E-state index contributed by atoms with van der Waals surface area (Å²) in [6.45, 7) is 0. The second-order valence-corrected chi connectivity index (χ2v) is 8.72. The molecule has 1 N–H and O–H groups in total. The maximum absolute atomic E-state index is 6.25. The van der Waals surface area contributed by atoms with Gasteiger partial charge >= 0.3 is 0 Å². The summed E-state index contributed by atoms with van der Waals surface area (Å²) in [5.41, 5.74) is 7.64. The Labute approximate surface area is 188 Å². The Balaban J connectivity index is 1.61. The van der Waals surface area contributed by atoms with Gasteiger partial charge < -0.3 is 14.0 Å². The van der Waals surface area contributed by atoms with Gasteiger partial charge in [0.2, 0.25) is 0 Å². The average Bonchev–Trinajstić information content (AvgIpc) is 3.50. The number of hydrogen-bond donors (Lipinski definition) is 1. The van der Waals surface area contributed by atoms with E-state index in [0.29, 0.717) is 0 Å². The van der Waals surface area contributed by atoms with Gasteiger partial charge in [0.25, 0.3) is 0 Å². The zero-order valence-electron chi connectivity index (χ0n) is 17.7. The van der Waals surface area contributed by atoms with Crippen molar-refractivity contribution >= 4 is 65.6 Å². The van der Waals surface area contributed by atoms with Crippen molar-refractivity contribution in [2.45, 2.75) is 0 Å². The number of aromatic amines is 1. The Bertz CT molecular complexity index is 1890. The van der Waals surface area contributed by atoms with E-state index in [9.17, 15) is 0 Å². The summed E-state index contributed by atoms with van der Waals surface area (Å²) >= 11 is 0. The highest BCUT2D eigenvalue weighted by Gasteiger charge is 2.18. The van der Waals surface area contributed by atoms with Crippen molar-refractivity contribution in [2.24, 2.45) is 0 Å². The fraction of sp³-hybridized carbons (Fsp3) is 0. The number of nitrogens with zero attached hydrogens (tertiary/aromatic N) is 1.